The first-order valence-electron chi connectivity index (χ1n) is 8.15. The molecule has 6 heteroatoms. The van der Waals surface area contributed by atoms with E-state index in [-0.39, 0.29) is 0 Å². The molecule has 1 aliphatic rings. The molecule has 0 bridgehead atoms. The van der Waals surface area contributed by atoms with Gasteiger partial charge in [-0.2, -0.15) is 0 Å². The number of aliphatic hydroxyl groups excluding tert-OH is 1. The van der Waals surface area contributed by atoms with Gasteiger partial charge in [0, 0.05) is 19.8 Å². The van der Waals surface area contributed by atoms with Gasteiger partial charge in [0.25, 0.3) is 0 Å². The molecule has 2 atom stereocenters. The summed E-state index contributed by atoms with van der Waals surface area (Å²) in [4.78, 5) is 11.0. The number of hydrogen-bond acceptors (Lipinski definition) is 4. The summed E-state index contributed by atoms with van der Waals surface area (Å²) >= 11 is 0. The van der Waals surface area contributed by atoms with E-state index in [9.17, 15) is 9.90 Å². The van der Waals surface area contributed by atoms with Crippen molar-refractivity contribution in [1.82, 2.24) is 10.6 Å². The van der Waals surface area contributed by atoms with Gasteiger partial charge >= 0.3 is 6.09 Å². The quantitative estimate of drug-likeness (QED) is 0.578. The number of aliphatic hydroxyl groups is 1. The third-order valence-electron chi connectivity index (χ3n) is 4.20. The zero-order valence-electron chi connectivity index (χ0n) is 13.3. The van der Waals surface area contributed by atoms with Crippen LogP contribution in [-0.4, -0.2) is 54.8 Å². The molecule has 1 saturated heterocycles. The van der Waals surface area contributed by atoms with Crippen molar-refractivity contribution in [2.45, 2.75) is 31.4 Å². The van der Waals surface area contributed by atoms with Gasteiger partial charge in [0.05, 0.1) is 12.1 Å². The molecule has 0 spiro atoms. The van der Waals surface area contributed by atoms with Crippen LogP contribution in [0, 0.1) is 5.92 Å². The van der Waals surface area contributed by atoms with Crippen LogP contribution in [0.5, 0.6) is 0 Å². The predicted octanol–water partition coefficient (Wildman–Crippen LogP) is 1.24. The molecular weight excluding hydrogens is 296 g/mol. The summed E-state index contributed by atoms with van der Waals surface area (Å²) in [6.45, 7) is 2.79. The van der Waals surface area contributed by atoms with Crippen LogP contribution in [0.3, 0.4) is 0 Å². The van der Waals surface area contributed by atoms with Gasteiger partial charge < -0.3 is 25.6 Å². The van der Waals surface area contributed by atoms with E-state index in [4.69, 9.17) is 9.84 Å². The van der Waals surface area contributed by atoms with E-state index in [1.165, 1.54) is 0 Å². The fraction of sp³-hybridized carbons (Fsp3) is 0.588. The SMILES string of the molecule is O=C(O)N[C@@H](Cc1ccccc1)[C@H](O)CNCC1CCOCC1. The fourth-order valence-electron chi connectivity index (χ4n) is 2.84. The molecule has 0 aromatic heterocycles. The molecule has 2 rings (SSSR count). The number of carbonyl (C=O) groups is 1. The highest BCUT2D eigenvalue weighted by Crippen LogP contribution is 2.13. The molecule has 4 N–H and O–H groups in total. The van der Waals surface area contributed by atoms with Crippen LogP contribution in [0.4, 0.5) is 4.79 Å². The van der Waals surface area contributed by atoms with Crippen LogP contribution in [0.25, 0.3) is 0 Å². The Bertz CT molecular complexity index is 463. The van der Waals surface area contributed by atoms with Crippen molar-refractivity contribution in [3.05, 3.63) is 35.9 Å². The number of hydrogen-bond donors (Lipinski definition) is 4. The van der Waals surface area contributed by atoms with Gasteiger partial charge in [0.15, 0.2) is 0 Å². The average Bonchev–Trinajstić information content (AvgIpc) is 2.56. The molecule has 6 nitrogen and oxygen atoms in total. The molecular formula is C17H26N2O4. The van der Waals surface area contributed by atoms with Crippen molar-refractivity contribution >= 4 is 6.09 Å². The lowest BCUT2D eigenvalue weighted by Crippen LogP contribution is -2.48. The molecule has 1 aromatic carbocycles. The highest BCUT2D eigenvalue weighted by Gasteiger charge is 2.22. The van der Waals surface area contributed by atoms with Crippen LogP contribution in [-0.2, 0) is 11.2 Å². The van der Waals surface area contributed by atoms with Crippen LogP contribution in [0.1, 0.15) is 18.4 Å². The van der Waals surface area contributed by atoms with Crippen molar-refractivity contribution < 1.29 is 19.7 Å². The third kappa shape index (κ3) is 6.56. The minimum atomic E-state index is -1.12. The van der Waals surface area contributed by atoms with Crippen molar-refractivity contribution in [3.8, 4) is 0 Å². The van der Waals surface area contributed by atoms with Gasteiger partial charge in [0.1, 0.15) is 0 Å². The van der Waals surface area contributed by atoms with E-state index in [1.54, 1.807) is 0 Å². The maximum atomic E-state index is 11.0. The second-order valence-electron chi connectivity index (χ2n) is 6.03. The van der Waals surface area contributed by atoms with Crippen LogP contribution >= 0.6 is 0 Å². The summed E-state index contributed by atoms with van der Waals surface area (Å²) in [5, 5.41) is 25.0. The van der Waals surface area contributed by atoms with Crippen molar-refractivity contribution in [3.63, 3.8) is 0 Å². The lowest BCUT2D eigenvalue weighted by Gasteiger charge is -2.26. The largest absolute Gasteiger partial charge is 0.465 e. The number of ether oxygens (including phenoxy) is 1. The van der Waals surface area contributed by atoms with E-state index >= 15 is 0 Å². The Morgan fingerprint density at radius 1 is 1.26 bits per heavy atom. The van der Waals surface area contributed by atoms with E-state index in [2.05, 4.69) is 10.6 Å². The molecule has 1 aliphatic heterocycles. The molecule has 0 radical (unpaired) electrons. The maximum Gasteiger partial charge on any atom is 0.404 e. The number of nitrogens with one attached hydrogen (secondary N) is 2. The summed E-state index contributed by atoms with van der Waals surface area (Å²) < 4.78 is 5.32. The van der Waals surface area contributed by atoms with E-state index in [0.717, 1.165) is 38.2 Å². The second kappa shape index (κ2) is 9.50. The van der Waals surface area contributed by atoms with Gasteiger partial charge in [-0.3, -0.25) is 0 Å². The normalized spacial score (nSPS) is 18.3. The topological polar surface area (TPSA) is 90.8 Å². The van der Waals surface area contributed by atoms with E-state index in [0.29, 0.717) is 18.9 Å². The molecule has 0 saturated carbocycles. The molecule has 1 fully saturated rings. The Balaban J connectivity index is 1.80. The van der Waals surface area contributed by atoms with Gasteiger partial charge in [-0.05, 0) is 37.3 Å². The number of benzene rings is 1. The van der Waals surface area contributed by atoms with Gasteiger partial charge in [-0.1, -0.05) is 30.3 Å². The Labute approximate surface area is 136 Å². The smallest absolute Gasteiger partial charge is 0.404 e. The maximum absolute atomic E-state index is 11.0. The van der Waals surface area contributed by atoms with Crippen molar-refractivity contribution in [2.24, 2.45) is 5.92 Å². The Morgan fingerprint density at radius 2 is 1.96 bits per heavy atom. The number of carboxylic acid groups (broad SMARTS) is 1. The van der Waals surface area contributed by atoms with Gasteiger partial charge in [-0.15, -0.1) is 0 Å². The monoisotopic (exact) mass is 322 g/mol. The summed E-state index contributed by atoms with van der Waals surface area (Å²) in [5.41, 5.74) is 0.995. The highest BCUT2D eigenvalue weighted by molar-refractivity contribution is 5.65. The molecule has 23 heavy (non-hydrogen) atoms. The molecule has 1 amide bonds. The fourth-order valence-corrected chi connectivity index (χ4v) is 2.84. The molecule has 0 unspecified atom stereocenters. The second-order valence-corrected chi connectivity index (χ2v) is 6.03. The van der Waals surface area contributed by atoms with Crippen molar-refractivity contribution in [2.75, 3.05) is 26.3 Å². The van der Waals surface area contributed by atoms with Gasteiger partial charge in [-0.25, -0.2) is 4.79 Å². The lowest BCUT2D eigenvalue weighted by atomic mass is 9.99. The molecule has 0 aliphatic carbocycles. The standard InChI is InChI=1S/C17H26N2O4/c20-16(12-18-11-14-6-8-23-9-7-14)15(19-17(21)22)10-13-4-2-1-3-5-13/h1-5,14-16,18-20H,6-12H2,(H,21,22)/t15-,16+/m0/s1. The van der Waals surface area contributed by atoms with Crippen LogP contribution in [0.15, 0.2) is 30.3 Å². The highest BCUT2D eigenvalue weighted by atomic mass is 16.5. The zero-order chi connectivity index (χ0) is 16.5. The molecule has 1 aromatic rings. The summed E-state index contributed by atoms with van der Waals surface area (Å²) in [7, 11) is 0. The predicted molar refractivity (Wildman–Crippen MR) is 87.5 cm³/mol. The summed E-state index contributed by atoms with van der Waals surface area (Å²) in [5.74, 6) is 0.566. The third-order valence-corrected chi connectivity index (χ3v) is 4.20. The zero-order valence-corrected chi connectivity index (χ0v) is 13.3. The van der Waals surface area contributed by atoms with Crippen molar-refractivity contribution in [1.29, 1.82) is 0 Å². The first-order valence-corrected chi connectivity index (χ1v) is 8.15. The Morgan fingerprint density at radius 3 is 2.61 bits per heavy atom. The Kier molecular flexibility index (Phi) is 7.32. The molecule has 1 heterocycles. The lowest BCUT2D eigenvalue weighted by molar-refractivity contribution is 0.0637. The van der Waals surface area contributed by atoms with E-state index in [1.807, 2.05) is 30.3 Å². The minimum Gasteiger partial charge on any atom is -0.465 e. The average molecular weight is 322 g/mol. The van der Waals surface area contributed by atoms with Gasteiger partial charge in [0.2, 0.25) is 0 Å². The van der Waals surface area contributed by atoms with Crippen LogP contribution in [0.2, 0.25) is 0 Å². The van der Waals surface area contributed by atoms with E-state index < -0.39 is 18.2 Å². The number of amides is 1. The summed E-state index contributed by atoms with van der Waals surface area (Å²) in [6.07, 6.45) is 0.640. The first kappa shape index (κ1) is 17.7. The number of rotatable bonds is 8. The molecule has 128 valence electrons. The minimum absolute atomic E-state index is 0.370. The first-order chi connectivity index (χ1) is 11.1. The van der Waals surface area contributed by atoms with Crippen LogP contribution < -0.4 is 10.6 Å². The Hall–Kier alpha value is -1.63. The summed E-state index contributed by atoms with van der Waals surface area (Å²) in [6, 6.07) is 9.05.